The highest BCUT2D eigenvalue weighted by Gasteiger charge is 2.14. The monoisotopic (exact) mass is 302 g/mol. The van der Waals surface area contributed by atoms with Gasteiger partial charge in [-0.25, -0.2) is 10.4 Å². The summed E-state index contributed by atoms with van der Waals surface area (Å²) in [5, 5.41) is 6.68. The van der Waals surface area contributed by atoms with E-state index in [1.165, 1.54) is 5.69 Å². The lowest BCUT2D eigenvalue weighted by atomic mass is 10.3. The predicted octanol–water partition coefficient (Wildman–Crippen LogP) is 1.08. The SMILES string of the molecule is CCc1nn(C)c(CNN2CCOCC2)c1Br. The first-order valence-corrected chi connectivity index (χ1v) is 6.78. The smallest absolute Gasteiger partial charge is 0.0767 e. The second-order valence-electron chi connectivity index (χ2n) is 4.12. The molecule has 1 aliphatic rings. The van der Waals surface area contributed by atoms with Gasteiger partial charge < -0.3 is 4.74 Å². The van der Waals surface area contributed by atoms with Crippen molar-refractivity contribution in [3.05, 3.63) is 15.9 Å². The van der Waals surface area contributed by atoms with Crippen LogP contribution in [0.2, 0.25) is 0 Å². The zero-order chi connectivity index (χ0) is 12.3. The summed E-state index contributed by atoms with van der Waals surface area (Å²) in [4.78, 5) is 0. The van der Waals surface area contributed by atoms with Gasteiger partial charge in [-0.15, -0.1) is 0 Å². The van der Waals surface area contributed by atoms with Crippen LogP contribution in [0.5, 0.6) is 0 Å². The minimum Gasteiger partial charge on any atom is -0.379 e. The number of halogens is 1. The van der Waals surface area contributed by atoms with Crippen molar-refractivity contribution in [3.8, 4) is 0 Å². The van der Waals surface area contributed by atoms with Gasteiger partial charge in [0.15, 0.2) is 0 Å². The number of rotatable bonds is 4. The average molecular weight is 303 g/mol. The summed E-state index contributed by atoms with van der Waals surface area (Å²) >= 11 is 3.62. The van der Waals surface area contributed by atoms with Crippen molar-refractivity contribution in [2.75, 3.05) is 26.3 Å². The Morgan fingerprint density at radius 3 is 2.71 bits per heavy atom. The van der Waals surface area contributed by atoms with Crippen LogP contribution in [0.15, 0.2) is 4.47 Å². The number of aryl methyl sites for hydroxylation is 2. The van der Waals surface area contributed by atoms with E-state index in [-0.39, 0.29) is 0 Å². The third kappa shape index (κ3) is 3.07. The summed E-state index contributed by atoms with van der Waals surface area (Å²) in [6.45, 7) is 6.40. The van der Waals surface area contributed by atoms with Crippen LogP contribution in [0, 0.1) is 0 Å². The lowest BCUT2D eigenvalue weighted by Gasteiger charge is -2.27. The maximum atomic E-state index is 5.31. The van der Waals surface area contributed by atoms with Crippen LogP contribution in [0.1, 0.15) is 18.3 Å². The zero-order valence-electron chi connectivity index (χ0n) is 10.4. The number of ether oxygens (including phenoxy) is 1. The van der Waals surface area contributed by atoms with Gasteiger partial charge in [0.05, 0.1) is 35.6 Å². The molecule has 1 saturated heterocycles. The molecule has 2 rings (SSSR count). The normalized spacial score (nSPS) is 17.6. The number of nitrogens with zero attached hydrogens (tertiary/aromatic N) is 3. The van der Waals surface area contributed by atoms with Crippen molar-refractivity contribution in [2.45, 2.75) is 19.9 Å². The molecule has 0 amide bonds. The van der Waals surface area contributed by atoms with Crippen molar-refractivity contribution in [1.82, 2.24) is 20.2 Å². The van der Waals surface area contributed by atoms with Crippen molar-refractivity contribution in [1.29, 1.82) is 0 Å². The Balaban J connectivity index is 1.95. The number of aromatic nitrogens is 2. The summed E-state index contributed by atoms with van der Waals surface area (Å²) in [5.74, 6) is 0. The van der Waals surface area contributed by atoms with Crippen LogP contribution in [0.4, 0.5) is 0 Å². The number of hydrogen-bond acceptors (Lipinski definition) is 4. The van der Waals surface area contributed by atoms with E-state index >= 15 is 0 Å². The summed E-state index contributed by atoms with van der Waals surface area (Å²) < 4.78 is 8.38. The Bertz CT molecular complexity index is 374. The van der Waals surface area contributed by atoms with E-state index in [1.807, 2.05) is 11.7 Å². The highest BCUT2D eigenvalue weighted by Crippen LogP contribution is 2.21. The molecule has 2 heterocycles. The molecule has 0 saturated carbocycles. The molecule has 0 radical (unpaired) electrons. The molecule has 0 spiro atoms. The number of hydrogen-bond donors (Lipinski definition) is 1. The summed E-state index contributed by atoms with van der Waals surface area (Å²) in [6.07, 6.45) is 0.950. The Hall–Kier alpha value is -0.430. The fraction of sp³-hybridized carbons (Fsp3) is 0.727. The largest absolute Gasteiger partial charge is 0.379 e. The first-order valence-electron chi connectivity index (χ1n) is 5.98. The van der Waals surface area contributed by atoms with Crippen molar-refractivity contribution < 1.29 is 4.74 Å². The third-order valence-corrected chi connectivity index (χ3v) is 3.90. The van der Waals surface area contributed by atoms with E-state index in [0.717, 1.165) is 49.4 Å². The van der Waals surface area contributed by atoms with Gasteiger partial charge in [-0.05, 0) is 22.4 Å². The third-order valence-electron chi connectivity index (χ3n) is 2.98. The van der Waals surface area contributed by atoms with Crippen molar-refractivity contribution in [2.24, 2.45) is 7.05 Å². The van der Waals surface area contributed by atoms with Crippen LogP contribution in [0.3, 0.4) is 0 Å². The summed E-state index contributed by atoms with van der Waals surface area (Å²) in [5.41, 5.74) is 5.72. The summed E-state index contributed by atoms with van der Waals surface area (Å²) in [6, 6.07) is 0. The predicted molar refractivity (Wildman–Crippen MR) is 69.5 cm³/mol. The first-order chi connectivity index (χ1) is 8.22. The second kappa shape index (κ2) is 5.95. The minimum absolute atomic E-state index is 0.796. The molecular formula is C11H19BrN4O. The van der Waals surface area contributed by atoms with E-state index in [1.54, 1.807) is 0 Å². The maximum Gasteiger partial charge on any atom is 0.0767 e. The number of morpholine rings is 1. The molecule has 1 N–H and O–H groups in total. The topological polar surface area (TPSA) is 42.3 Å². The molecule has 1 aliphatic heterocycles. The molecule has 0 aliphatic carbocycles. The van der Waals surface area contributed by atoms with Gasteiger partial charge in [-0.2, -0.15) is 5.10 Å². The molecule has 5 nitrogen and oxygen atoms in total. The van der Waals surface area contributed by atoms with Crippen molar-refractivity contribution in [3.63, 3.8) is 0 Å². The average Bonchev–Trinajstić information content (AvgIpc) is 2.63. The molecule has 17 heavy (non-hydrogen) atoms. The molecule has 1 aromatic rings. The van der Waals surface area contributed by atoms with Gasteiger partial charge in [0.2, 0.25) is 0 Å². The quantitative estimate of drug-likeness (QED) is 0.904. The second-order valence-corrected chi connectivity index (χ2v) is 4.91. The zero-order valence-corrected chi connectivity index (χ0v) is 12.0. The van der Waals surface area contributed by atoms with E-state index in [2.05, 4.69) is 38.4 Å². The molecule has 6 heteroatoms. The lowest BCUT2D eigenvalue weighted by Crippen LogP contribution is -2.45. The van der Waals surface area contributed by atoms with Gasteiger partial charge in [0.25, 0.3) is 0 Å². The Kier molecular flexibility index (Phi) is 4.55. The van der Waals surface area contributed by atoms with Crippen LogP contribution in [-0.2, 0) is 24.8 Å². The minimum atomic E-state index is 0.796. The lowest BCUT2D eigenvalue weighted by molar-refractivity contribution is 0.0101. The van der Waals surface area contributed by atoms with Gasteiger partial charge >= 0.3 is 0 Å². The van der Waals surface area contributed by atoms with Crippen molar-refractivity contribution >= 4 is 15.9 Å². The van der Waals surface area contributed by atoms with Crippen LogP contribution < -0.4 is 5.43 Å². The fourth-order valence-electron chi connectivity index (χ4n) is 1.92. The van der Waals surface area contributed by atoms with E-state index in [4.69, 9.17) is 4.74 Å². The highest BCUT2D eigenvalue weighted by atomic mass is 79.9. The Morgan fingerprint density at radius 1 is 1.41 bits per heavy atom. The molecular weight excluding hydrogens is 284 g/mol. The first kappa shape index (κ1) is 13.0. The number of nitrogens with one attached hydrogen (secondary N) is 1. The van der Waals surface area contributed by atoms with Crippen LogP contribution in [-0.4, -0.2) is 41.1 Å². The molecule has 1 aromatic heterocycles. The van der Waals surface area contributed by atoms with Gasteiger partial charge in [0.1, 0.15) is 0 Å². The van der Waals surface area contributed by atoms with Gasteiger partial charge in [0, 0.05) is 20.1 Å². The van der Waals surface area contributed by atoms with Crippen LogP contribution in [0.25, 0.3) is 0 Å². The maximum absolute atomic E-state index is 5.31. The molecule has 0 bridgehead atoms. The number of hydrazine groups is 1. The summed E-state index contributed by atoms with van der Waals surface area (Å²) in [7, 11) is 1.99. The Morgan fingerprint density at radius 2 is 2.12 bits per heavy atom. The Labute approximate surface area is 110 Å². The molecule has 96 valence electrons. The standard InChI is InChI=1S/C11H19BrN4O/c1-3-9-11(12)10(15(2)14-9)8-13-16-4-6-17-7-5-16/h13H,3-8H2,1-2H3. The van der Waals surface area contributed by atoms with Gasteiger partial charge in [-0.1, -0.05) is 6.92 Å². The van der Waals surface area contributed by atoms with E-state index in [9.17, 15) is 0 Å². The van der Waals surface area contributed by atoms with Crippen LogP contribution >= 0.6 is 15.9 Å². The van der Waals surface area contributed by atoms with Gasteiger partial charge in [-0.3, -0.25) is 4.68 Å². The fourth-order valence-corrected chi connectivity index (χ4v) is 2.68. The molecule has 0 aromatic carbocycles. The van der Waals surface area contributed by atoms with E-state index < -0.39 is 0 Å². The molecule has 0 unspecified atom stereocenters. The molecule has 0 atom stereocenters. The molecule has 1 fully saturated rings. The highest BCUT2D eigenvalue weighted by molar-refractivity contribution is 9.10. The van der Waals surface area contributed by atoms with E-state index in [0.29, 0.717) is 0 Å².